The van der Waals surface area contributed by atoms with Crippen LogP contribution in [0.2, 0.25) is 5.28 Å². The normalized spacial score (nSPS) is 12.2. The van der Waals surface area contributed by atoms with Crippen LogP contribution in [0.3, 0.4) is 0 Å². The van der Waals surface area contributed by atoms with Crippen molar-refractivity contribution in [2.75, 3.05) is 23.9 Å². The van der Waals surface area contributed by atoms with Crippen molar-refractivity contribution in [2.45, 2.75) is 13.3 Å². The first-order chi connectivity index (χ1) is 8.41. The second kappa shape index (κ2) is 6.60. The molecule has 18 heavy (non-hydrogen) atoms. The van der Waals surface area contributed by atoms with E-state index in [4.69, 9.17) is 11.6 Å². The van der Waals surface area contributed by atoms with Gasteiger partial charge in [0.1, 0.15) is 5.69 Å². The SMILES string of the molecule is Cc1nc(Cl)nc(NCCCS(C)=O)c1[N+](=O)[O-]. The molecular formula is C9H13ClN4O3S. The number of halogens is 1. The van der Waals surface area contributed by atoms with Crippen LogP contribution in [-0.2, 0) is 10.8 Å². The predicted molar refractivity (Wildman–Crippen MR) is 70.5 cm³/mol. The van der Waals surface area contributed by atoms with Crippen LogP contribution in [0.15, 0.2) is 0 Å². The van der Waals surface area contributed by atoms with Crippen molar-refractivity contribution in [1.29, 1.82) is 0 Å². The van der Waals surface area contributed by atoms with Crippen LogP contribution in [0, 0.1) is 17.0 Å². The van der Waals surface area contributed by atoms with E-state index in [1.807, 2.05) is 0 Å². The number of nitrogens with one attached hydrogen (secondary N) is 1. The van der Waals surface area contributed by atoms with E-state index in [9.17, 15) is 14.3 Å². The van der Waals surface area contributed by atoms with Gasteiger partial charge in [0.25, 0.3) is 0 Å². The largest absolute Gasteiger partial charge is 0.364 e. The summed E-state index contributed by atoms with van der Waals surface area (Å²) in [5.74, 6) is 0.623. The number of hydrogen-bond acceptors (Lipinski definition) is 6. The van der Waals surface area contributed by atoms with Crippen LogP contribution in [-0.4, -0.2) is 37.7 Å². The smallest absolute Gasteiger partial charge is 0.332 e. The summed E-state index contributed by atoms with van der Waals surface area (Å²) >= 11 is 5.66. The average molecular weight is 293 g/mol. The third kappa shape index (κ3) is 4.19. The number of hydrogen-bond donors (Lipinski definition) is 1. The molecule has 0 aliphatic heterocycles. The van der Waals surface area contributed by atoms with Crippen LogP contribution in [0.5, 0.6) is 0 Å². The van der Waals surface area contributed by atoms with Gasteiger partial charge in [-0.3, -0.25) is 14.3 Å². The lowest BCUT2D eigenvalue weighted by Crippen LogP contribution is -2.10. The lowest BCUT2D eigenvalue weighted by Gasteiger charge is -2.07. The molecule has 0 spiro atoms. The summed E-state index contributed by atoms with van der Waals surface area (Å²) in [5, 5.41) is 13.7. The molecule has 0 aliphatic carbocycles. The molecule has 0 radical (unpaired) electrons. The zero-order valence-electron chi connectivity index (χ0n) is 9.97. The number of rotatable bonds is 6. The second-order valence-electron chi connectivity index (χ2n) is 3.59. The molecule has 1 unspecified atom stereocenters. The van der Waals surface area contributed by atoms with Crippen molar-refractivity contribution in [3.8, 4) is 0 Å². The Hall–Kier alpha value is -1.28. The van der Waals surface area contributed by atoms with E-state index in [1.54, 1.807) is 6.26 Å². The Bertz CT molecular complexity index is 483. The number of aromatic nitrogens is 2. The Morgan fingerprint density at radius 1 is 1.50 bits per heavy atom. The van der Waals surface area contributed by atoms with Crippen molar-refractivity contribution >= 4 is 33.9 Å². The molecule has 0 aromatic carbocycles. The Morgan fingerprint density at radius 2 is 2.17 bits per heavy atom. The zero-order chi connectivity index (χ0) is 13.7. The Labute approximate surface area is 112 Å². The van der Waals surface area contributed by atoms with Gasteiger partial charge in [0.05, 0.1) is 4.92 Å². The number of anilines is 1. The quantitative estimate of drug-likeness (QED) is 0.369. The minimum Gasteiger partial charge on any atom is -0.364 e. The molecule has 0 aliphatic rings. The van der Waals surface area contributed by atoms with Gasteiger partial charge in [0.15, 0.2) is 0 Å². The fourth-order valence-corrected chi connectivity index (χ4v) is 2.12. The molecule has 0 fully saturated rings. The molecule has 9 heteroatoms. The van der Waals surface area contributed by atoms with Gasteiger partial charge in [-0.15, -0.1) is 0 Å². The van der Waals surface area contributed by atoms with Gasteiger partial charge < -0.3 is 5.32 Å². The first-order valence-corrected chi connectivity index (χ1v) is 7.24. The van der Waals surface area contributed by atoms with Crippen LogP contribution >= 0.6 is 11.6 Å². The first-order valence-electron chi connectivity index (χ1n) is 5.14. The van der Waals surface area contributed by atoms with Gasteiger partial charge in [-0.05, 0) is 24.9 Å². The van der Waals surface area contributed by atoms with E-state index < -0.39 is 15.7 Å². The molecule has 0 bridgehead atoms. The topological polar surface area (TPSA) is 98.0 Å². The lowest BCUT2D eigenvalue weighted by molar-refractivity contribution is -0.385. The lowest BCUT2D eigenvalue weighted by atomic mass is 10.3. The van der Waals surface area contributed by atoms with E-state index in [0.717, 1.165) is 0 Å². The van der Waals surface area contributed by atoms with Crippen LogP contribution < -0.4 is 5.32 Å². The Kier molecular flexibility index (Phi) is 5.42. The summed E-state index contributed by atoms with van der Waals surface area (Å²) in [4.78, 5) is 17.9. The molecule has 1 aromatic rings. The zero-order valence-corrected chi connectivity index (χ0v) is 11.5. The molecule has 100 valence electrons. The van der Waals surface area contributed by atoms with Gasteiger partial charge in [-0.2, -0.15) is 4.98 Å². The highest BCUT2D eigenvalue weighted by molar-refractivity contribution is 7.84. The van der Waals surface area contributed by atoms with E-state index in [-0.39, 0.29) is 22.5 Å². The highest BCUT2D eigenvalue weighted by atomic mass is 35.5. The molecule has 0 saturated carbocycles. The summed E-state index contributed by atoms with van der Waals surface area (Å²) in [6, 6.07) is 0. The van der Waals surface area contributed by atoms with E-state index in [2.05, 4.69) is 15.3 Å². The second-order valence-corrected chi connectivity index (χ2v) is 5.48. The molecule has 1 N–H and O–H groups in total. The molecule has 7 nitrogen and oxygen atoms in total. The molecule has 0 saturated heterocycles. The van der Waals surface area contributed by atoms with Crippen LogP contribution in [0.25, 0.3) is 0 Å². The van der Waals surface area contributed by atoms with Crippen molar-refractivity contribution < 1.29 is 9.13 Å². The van der Waals surface area contributed by atoms with Gasteiger partial charge in [-0.1, -0.05) is 0 Å². The number of aryl methyl sites for hydroxylation is 1. The maximum atomic E-state index is 10.9. The van der Waals surface area contributed by atoms with Gasteiger partial charge in [0.2, 0.25) is 11.1 Å². The van der Waals surface area contributed by atoms with Crippen molar-refractivity contribution in [1.82, 2.24) is 9.97 Å². The average Bonchev–Trinajstić information content (AvgIpc) is 2.22. The fourth-order valence-electron chi connectivity index (χ4n) is 1.36. The van der Waals surface area contributed by atoms with Crippen LogP contribution in [0.1, 0.15) is 12.1 Å². The standard InChI is InChI=1S/C9H13ClN4O3S/c1-6-7(14(15)16)8(13-9(10)12-6)11-4-3-5-18(2)17/h3-5H2,1-2H3,(H,11,12,13). The number of nitrogens with zero attached hydrogens (tertiary/aromatic N) is 3. The Morgan fingerprint density at radius 3 is 2.72 bits per heavy atom. The maximum absolute atomic E-state index is 10.9. The minimum absolute atomic E-state index is 0.0420. The third-order valence-corrected chi connectivity index (χ3v) is 3.15. The third-order valence-electron chi connectivity index (χ3n) is 2.11. The summed E-state index contributed by atoms with van der Waals surface area (Å²) in [7, 11) is -0.879. The molecule has 0 amide bonds. The maximum Gasteiger partial charge on any atom is 0.332 e. The highest BCUT2D eigenvalue weighted by Crippen LogP contribution is 2.26. The van der Waals surface area contributed by atoms with E-state index in [0.29, 0.717) is 18.7 Å². The number of nitro groups is 1. The van der Waals surface area contributed by atoms with Gasteiger partial charge >= 0.3 is 5.69 Å². The fraction of sp³-hybridized carbons (Fsp3) is 0.556. The van der Waals surface area contributed by atoms with Crippen molar-refractivity contribution in [2.24, 2.45) is 0 Å². The predicted octanol–water partition coefficient (Wildman–Crippen LogP) is 1.53. The van der Waals surface area contributed by atoms with E-state index >= 15 is 0 Å². The molecule has 1 aromatic heterocycles. The molecular weight excluding hydrogens is 280 g/mol. The Balaban J connectivity index is 2.80. The summed E-state index contributed by atoms with van der Waals surface area (Å²) in [6.07, 6.45) is 2.23. The van der Waals surface area contributed by atoms with E-state index in [1.165, 1.54) is 6.92 Å². The molecule has 1 atom stereocenters. The summed E-state index contributed by atoms with van der Waals surface area (Å²) in [6.45, 7) is 1.94. The monoisotopic (exact) mass is 292 g/mol. The molecule has 1 rings (SSSR count). The van der Waals surface area contributed by atoms with Crippen molar-refractivity contribution in [3.63, 3.8) is 0 Å². The minimum atomic E-state index is -0.879. The molecule has 1 heterocycles. The highest BCUT2D eigenvalue weighted by Gasteiger charge is 2.21. The van der Waals surface area contributed by atoms with Gasteiger partial charge in [0, 0.05) is 29.4 Å². The first kappa shape index (κ1) is 14.8. The van der Waals surface area contributed by atoms with Crippen LogP contribution in [0.4, 0.5) is 11.5 Å². The summed E-state index contributed by atoms with van der Waals surface area (Å²) in [5.41, 5.74) is 0.0265. The van der Waals surface area contributed by atoms with Crippen molar-refractivity contribution in [3.05, 3.63) is 21.1 Å². The van der Waals surface area contributed by atoms with Gasteiger partial charge in [-0.25, -0.2) is 4.98 Å². The summed E-state index contributed by atoms with van der Waals surface area (Å²) < 4.78 is 10.9.